The van der Waals surface area contributed by atoms with Crippen LogP contribution in [0.25, 0.3) is 0 Å². The van der Waals surface area contributed by atoms with Crippen molar-refractivity contribution >= 4 is 41.0 Å². The number of benzene rings is 1. The maximum absolute atomic E-state index is 12.4. The number of anilines is 1. The van der Waals surface area contributed by atoms with Gasteiger partial charge in [-0.05, 0) is 30.8 Å². The van der Waals surface area contributed by atoms with Crippen molar-refractivity contribution in [1.29, 1.82) is 0 Å². The molecule has 0 fully saturated rings. The highest BCUT2D eigenvalue weighted by Gasteiger charge is 2.24. The number of para-hydroxylation sites is 1. The smallest absolute Gasteiger partial charge is 0.413 e. The van der Waals surface area contributed by atoms with Crippen molar-refractivity contribution in [3.8, 4) is 0 Å². The molecule has 2 amide bonds. The first-order valence-corrected chi connectivity index (χ1v) is 8.54. The molecule has 1 aromatic rings. The molecule has 1 rings (SSSR count). The summed E-state index contributed by atoms with van der Waals surface area (Å²) in [5.74, 6) is -1.09. The number of esters is 1. The highest BCUT2D eigenvalue weighted by atomic mass is 32.1. The predicted molar refractivity (Wildman–Crippen MR) is 101 cm³/mol. The summed E-state index contributed by atoms with van der Waals surface area (Å²) in [6.45, 7) is 2.29. The number of amides is 2. The third kappa shape index (κ3) is 8.43. The molecule has 3 N–H and O–H groups in total. The van der Waals surface area contributed by atoms with Crippen LogP contribution < -0.4 is 16.0 Å². The Morgan fingerprint density at radius 2 is 1.85 bits per heavy atom. The summed E-state index contributed by atoms with van der Waals surface area (Å²) in [4.78, 5) is 35.5. The second-order valence-corrected chi connectivity index (χ2v) is 5.68. The number of carbonyl (C=O) groups is 3. The molecule has 0 saturated carbocycles. The van der Waals surface area contributed by atoms with Crippen LogP contribution in [0.3, 0.4) is 0 Å². The van der Waals surface area contributed by atoms with Crippen molar-refractivity contribution in [2.24, 2.45) is 0 Å². The standard InChI is InChI=1S/C17H23N3O5S/c1-3-4-10-25-14(21)11-13(18-12-8-6-5-7-9-12)15(22)19-16(26)20-17(23)24-2/h5-9,13,18H,3-4,10-11H2,1-2H3,(H2,19,20,22,23,26). The van der Waals surface area contributed by atoms with Gasteiger partial charge in [0.1, 0.15) is 6.04 Å². The topological polar surface area (TPSA) is 106 Å². The van der Waals surface area contributed by atoms with E-state index in [2.05, 4.69) is 20.7 Å². The number of unbranched alkanes of at least 4 members (excludes halogenated alkanes) is 1. The number of hydrogen-bond donors (Lipinski definition) is 3. The molecular formula is C17H23N3O5S. The van der Waals surface area contributed by atoms with Gasteiger partial charge in [-0.25, -0.2) is 4.79 Å². The van der Waals surface area contributed by atoms with Gasteiger partial charge >= 0.3 is 12.1 Å². The molecule has 26 heavy (non-hydrogen) atoms. The van der Waals surface area contributed by atoms with Crippen molar-refractivity contribution in [1.82, 2.24) is 10.6 Å². The van der Waals surface area contributed by atoms with Crippen LogP contribution in [0.1, 0.15) is 26.2 Å². The first-order chi connectivity index (χ1) is 12.5. The molecule has 0 heterocycles. The van der Waals surface area contributed by atoms with Gasteiger partial charge in [0.2, 0.25) is 5.91 Å². The van der Waals surface area contributed by atoms with Crippen LogP contribution in [0.5, 0.6) is 0 Å². The van der Waals surface area contributed by atoms with E-state index in [0.717, 1.165) is 12.8 Å². The zero-order valence-corrected chi connectivity index (χ0v) is 15.6. The van der Waals surface area contributed by atoms with Gasteiger partial charge in [-0.1, -0.05) is 31.5 Å². The van der Waals surface area contributed by atoms with E-state index in [1.165, 1.54) is 7.11 Å². The van der Waals surface area contributed by atoms with Crippen LogP contribution in [0.4, 0.5) is 10.5 Å². The third-order valence-electron chi connectivity index (χ3n) is 3.20. The van der Waals surface area contributed by atoms with Crippen LogP contribution in [-0.2, 0) is 19.1 Å². The zero-order chi connectivity index (χ0) is 19.4. The van der Waals surface area contributed by atoms with Crippen molar-refractivity contribution < 1.29 is 23.9 Å². The summed E-state index contributed by atoms with van der Waals surface area (Å²) < 4.78 is 9.51. The Balaban J connectivity index is 2.72. The maximum Gasteiger partial charge on any atom is 0.413 e. The molecule has 0 saturated heterocycles. The van der Waals surface area contributed by atoms with Crippen LogP contribution in [0.2, 0.25) is 0 Å². The van der Waals surface area contributed by atoms with Crippen LogP contribution in [-0.4, -0.2) is 42.8 Å². The Bertz CT molecular complexity index is 624. The normalized spacial score (nSPS) is 11.0. The Labute approximate surface area is 157 Å². The van der Waals surface area contributed by atoms with Gasteiger partial charge in [0.25, 0.3) is 0 Å². The molecule has 142 valence electrons. The van der Waals surface area contributed by atoms with Crippen molar-refractivity contribution in [2.45, 2.75) is 32.2 Å². The van der Waals surface area contributed by atoms with Gasteiger partial charge in [-0.15, -0.1) is 0 Å². The van der Waals surface area contributed by atoms with E-state index in [-0.39, 0.29) is 11.5 Å². The largest absolute Gasteiger partial charge is 0.466 e. The second kappa shape index (κ2) is 11.8. The molecule has 0 radical (unpaired) electrons. The van der Waals surface area contributed by atoms with E-state index in [0.29, 0.717) is 12.3 Å². The molecule has 0 aliphatic heterocycles. The maximum atomic E-state index is 12.4. The predicted octanol–water partition coefficient (Wildman–Crippen LogP) is 1.96. The average molecular weight is 381 g/mol. The minimum Gasteiger partial charge on any atom is -0.466 e. The molecule has 8 nitrogen and oxygen atoms in total. The Kier molecular flexibility index (Phi) is 9.70. The van der Waals surface area contributed by atoms with Gasteiger partial charge in [-0.3, -0.25) is 14.9 Å². The molecule has 1 atom stereocenters. The van der Waals surface area contributed by atoms with Gasteiger partial charge in [0.15, 0.2) is 5.11 Å². The number of hydrogen-bond acceptors (Lipinski definition) is 7. The van der Waals surface area contributed by atoms with E-state index in [4.69, 9.17) is 17.0 Å². The zero-order valence-electron chi connectivity index (χ0n) is 14.7. The minimum absolute atomic E-state index is 0.189. The first kappa shape index (κ1) is 21.4. The summed E-state index contributed by atoms with van der Waals surface area (Å²) >= 11 is 4.87. The van der Waals surface area contributed by atoms with Crippen LogP contribution in [0.15, 0.2) is 30.3 Å². The lowest BCUT2D eigenvalue weighted by molar-refractivity contribution is -0.145. The number of nitrogens with one attached hydrogen (secondary N) is 3. The summed E-state index contributed by atoms with van der Waals surface area (Å²) in [7, 11) is 1.17. The molecule has 9 heteroatoms. The van der Waals surface area contributed by atoms with Gasteiger partial charge in [0.05, 0.1) is 20.1 Å². The van der Waals surface area contributed by atoms with E-state index >= 15 is 0 Å². The lowest BCUT2D eigenvalue weighted by Gasteiger charge is -2.19. The minimum atomic E-state index is -0.927. The van der Waals surface area contributed by atoms with Crippen LogP contribution >= 0.6 is 12.2 Å². The first-order valence-electron chi connectivity index (χ1n) is 8.13. The number of rotatable bonds is 8. The number of alkyl carbamates (subject to hydrolysis) is 1. The Morgan fingerprint density at radius 1 is 1.15 bits per heavy atom. The fourth-order valence-electron chi connectivity index (χ4n) is 1.87. The summed E-state index contributed by atoms with van der Waals surface area (Å²) in [5, 5.41) is 7.25. The molecular weight excluding hydrogens is 358 g/mol. The van der Waals surface area contributed by atoms with Crippen molar-refractivity contribution in [3.05, 3.63) is 30.3 Å². The molecule has 0 bridgehead atoms. The fourth-order valence-corrected chi connectivity index (χ4v) is 2.06. The molecule has 0 aliphatic carbocycles. The number of thiocarbonyl (C=S) groups is 1. The Morgan fingerprint density at radius 3 is 2.46 bits per heavy atom. The average Bonchev–Trinajstić information content (AvgIpc) is 2.62. The fraction of sp³-hybridized carbons (Fsp3) is 0.412. The van der Waals surface area contributed by atoms with Crippen molar-refractivity contribution in [2.75, 3.05) is 19.0 Å². The van der Waals surface area contributed by atoms with Gasteiger partial charge in [0, 0.05) is 5.69 Å². The molecule has 0 aliphatic rings. The van der Waals surface area contributed by atoms with Gasteiger partial charge < -0.3 is 20.1 Å². The highest BCUT2D eigenvalue weighted by Crippen LogP contribution is 2.10. The Hall–Kier alpha value is -2.68. The monoisotopic (exact) mass is 381 g/mol. The van der Waals surface area contributed by atoms with E-state index in [1.54, 1.807) is 24.3 Å². The SMILES string of the molecule is CCCCOC(=O)CC(Nc1ccccc1)C(=O)NC(=S)NC(=O)OC. The number of ether oxygens (including phenoxy) is 2. The number of methoxy groups -OCH3 is 1. The third-order valence-corrected chi connectivity index (χ3v) is 3.40. The van der Waals surface area contributed by atoms with E-state index < -0.39 is 24.0 Å². The summed E-state index contributed by atoms with van der Waals surface area (Å²) in [5.41, 5.74) is 0.654. The summed E-state index contributed by atoms with van der Waals surface area (Å²) in [6.07, 6.45) is 0.655. The molecule has 1 unspecified atom stereocenters. The molecule has 1 aromatic carbocycles. The van der Waals surface area contributed by atoms with E-state index in [1.807, 2.05) is 13.0 Å². The highest BCUT2D eigenvalue weighted by molar-refractivity contribution is 7.80. The van der Waals surface area contributed by atoms with Crippen molar-refractivity contribution in [3.63, 3.8) is 0 Å². The lowest BCUT2D eigenvalue weighted by Crippen LogP contribution is -2.48. The van der Waals surface area contributed by atoms with Crippen LogP contribution in [0, 0.1) is 0 Å². The summed E-state index contributed by atoms with van der Waals surface area (Å²) in [6, 6.07) is 8.00. The van der Waals surface area contributed by atoms with E-state index in [9.17, 15) is 14.4 Å². The second-order valence-electron chi connectivity index (χ2n) is 5.28. The number of carbonyl (C=O) groups excluding carboxylic acids is 3. The van der Waals surface area contributed by atoms with Gasteiger partial charge in [-0.2, -0.15) is 0 Å². The molecule has 0 spiro atoms. The quantitative estimate of drug-likeness (QED) is 0.359. The molecule has 0 aromatic heterocycles. The lowest BCUT2D eigenvalue weighted by atomic mass is 10.1.